The summed E-state index contributed by atoms with van der Waals surface area (Å²) in [7, 11) is -3.42. The van der Waals surface area contributed by atoms with Crippen molar-refractivity contribution in [2.45, 2.75) is 32.6 Å². The number of hydrogen-bond acceptors (Lipinski definition) is 4. The second-order valence-electron chi connectivity index (χ2n) is 6.92. The Morgan fingerprint density at radius 1 is 1.21 bits per heavy atom. The highest BCUT2D eigenvalue weighted by Crippen LogP contribution is 2.29. The Morgan fingerprint density at radius 2 is 1.83 bits per heavy atom. The monoisotopic (exact) mass is 354 g/mol. The molecule has 1 aromatic rings. The molecule has 0 radical (unpaired) electrons. The summed E-state index contributed by atoms with van der Waals surface area (Å²) in [6, 6.07) is 7.60. The smallest absolute Gasteiger partial charge is 0.225 e. The number of carbonyl (C=O) groups excluding carboxylic acids is 1. The number of ether oxygens (including phenoxy) is 1. The van der Waals surface area contributed by atoms with Gasteiger partial charge in [0.25, 0.3) is 0 Å². The number of carbonyl (C=O) groups is 1. The molecule has 1 N–H and O–H groups in total. The van der Waals surface area contributed by atoms with Gasteiger partial charge in [-0.25, -0.2) is 8.42 Å². The first kappa shape index (κ1) is 18.9. The van der Waals surface area contributed by atoms with E-state index in [1.54, 1.807) is 0 Å². The molecule has 0 spiro atoms. The molecule has 0 saturated carbocycles. The minimum atomic E-state index is -3.42. The van der Waals surface area contributed by atoms with Gasteiger partial charge in [-0.3, -0.25) is 4.79 Å². The van der Waals surface area contributed by atoms with Crippen molar-refractivity contribution in [2.75, 3.05) is 37.4 Å². The van der Waals surface area contributed by atoms with Crippen LogP contribution in [0.15, 0.2) is 24.3 Å². The van der Waals surface area contributed by atoms with Gasteiger partial charge in [0.1, 0.15) is 0 Å². The molecule has 0 bridgehead atoms. The fraction of sp³-hybridized carbons (Fsp3) is 0.588. The van der Waals surface area contributed by atoms with Crippen LogP contribution in [0.5, 0.6) is 0 Å². The normalized spacial score (nSPS) is 16.8. The van der Waals surface area contributed by atoms with Crippen LogP contribution in [-0.2, 0) is 25.0 Å². The Labute approximate surface area is 144 Å². The van der Waals surface area contributed by atoms with Crippen LogP contribution in [-0.4, -0.2) is 50.7 Å². The van der Waals surface area contributed by atoms with Gasteiger partial charge in [0.2, 0.25) is 15.9 Å². The Hall–Kier alpha value is -1.44. The van der Waals surface area contributed by atoms with E-state index < -0.39 is 10.0 Å². The van der Waals surface area contributed by atoms with Gasteiger partial charge in [0.05, 0.1) is 19.0 Å². The number of nitrogens with zero attached hydrogens (tertiary/aromatic N) is 1. The van der Waals surface area contributed by atoms with E-state index in [4.69, 9.17) is 4.74 Å². The van der Waals surface area contributed by atoms with Crippen LogP contribution in [0, 0.1) is 0 Å². The highest BCUT2D eigenvalue weighted by Gasteiger charge is 2.25. The van der Waals surface area contributed by atoms with Gasteiger partial charge in [0.15, 0.2) is 0 Å². The molecule has 0 aliphatic carbocycles. The van der Waals surface area contributed by atoms with Crippen LogP contribution in [0.4, 0.5) is 5.69 Å². The van der Waals surface area contributed by atoms with E-state index in [-0.39, 0.29) is 23.5 Å². The van der Waals surface area contributed by atoms with Gasteiger partial charge in [-0.15, -0.1) is 0 Å². The third-order valence-corrected chi connectivity index (χ3v) is 5.83. The third kappa shape index (κ3) is 5.03. The summed E-state index contributed by atoms with van der Waals surface area (Å²) in [4.78, 5) is 12.2. The van der Waals surface area contributed by atoms with Gasteiger partial charge in [-0.2, -0.15) is 4.31 Å². The third-order valence-electron chi connectivity index (χ3n) is 3.96. The van der Waals surface area contributed by atoms with Crippen LogP contribution in [0.25, 0.3) is 0 Å². The van der Waals surface area contributed by atoms with E-state index in [9.17, 15) is 13.2 Å². The zero-order valence-corrected chi connectivity index (χ0v) is 15.4. The second-order valence-corrected chi connectivity index (χ2v) is 9.01. The average molecular weight is 354 g/mol. The predicted octanol–water partition coefficient (Wildman–Crippen LogP) is 1.97. The molecular weight excluding hydrogens is 328 g/mol. The van der Waals surface area contributed by atoms with E-state index in [0.29, 0.717) is 26.3 Å². The number of morpholine rings is 1. The first-order chi connectivity index (χ1) is 11.2. The molecule has 7 heteroatoms. The highest BCUT2D eigenvalue weighted by molar-refractivity contribution is 7.89. The topological polar surface area (TPSA) is 75.7 Å². The van der Waals surface area contributed by atoms with E-state index in [2.05, 4.69) is 26.1 Å². The summed E-state index contributed by atoms with van der Waals surface area (Å²) in [6.45, 7) is 7.74. The minimum absolute atomic E-state index is 0.0574. The van der Waals surface area contributed by atoms with Crippen LogP contribution in [0.2, 0.25) is 0 Å². The van der Waals surface area contributed by atoms with E-state index in [0.717, 1.165) is 11.3 Å². The molecule has 1 saturated heterocycles. The number of rotatable bonds is 5. The van der Waals surface area contributed by atoms with Crippen molar-refractivity contribution >= 4 is 21.6 Å². The molecule has 0 unspecified atom stereocenters. The fourth-order valence-corrected chi connectivity index (χ4v) is 4.04. The molecule has 1 heterocycles. The molecule has 1 aromatic carbocycles. The molecule has 1 aliphatic heterocycles. The molecule has 1 amide bonds. The predicted molar refractivity (Wildman–Crippen MR) is 94.6 cm³/mol. The maximum absolute atomic E-state index is 12.3. The van der Waals surface area contributed by atoms with E-state index >= 15 is 0 Å². The molecule has 24 heavy (non-hydrogen) atoms. The molecule has 0 aromatic heterocycles. The van der Waals surface area contributed by atoms with Gasteiger partial charge in [-0.05, 0) is 17.0 Å². The first-order valence-corrected chi connectivity index (χ1v) is 9.76. The number of sulfonamides is 1. The number of hydrogen-bond donors (Lipinski definition) is 1. The summed E-state index contributed by atoms with van der Waals surface area (Å²) >= 11 is 0. The maximum Gasteiger partial charge on any atom is 0.225 e. The summed E-state index contributed by atoms with van der Waals surface area (Å²) in [5.41, 5.74) is 1.65. The molecule has 2 rings (SSSR count). The summed E-state index contributed by atoms with van der Waals surface area (Å²) in [5.74, 6) is -0.472. The quantitative estimate of drug-likeness (QED) is 0.877. The number of benzene rings is 1. The number of amides is 1. The second kappa shape index (κ2) is 7.63. The van der Waals surface area contributed by atoms with Crippen molar-refractivity contribution in [3.8, 4) is 0 Å². The summed E-state index contributed by atoms with van der Waals surface area (Å²) in [5, 5.41) is 2.85. The molecular formula is C17H26N2O4S. The van der Waals surface area contributed by atoms with Crippen molar-refractivity contribution in [3.05, 3.63) is 29.8 Å². The lowest BCUT2D eigenvalue weighted by Crippen LogP contribution is -2.42. The SMILES string of the molecule is CC(C)(C)c1ccccc1NC(=O)CCS(=O)(=O)N1CCOCC1. The number of para-hydroxylation sites is 1. The van der Waals surface area contributed by atoms with Gasteiger partial charge in [-0.1, -0.05) is 39.0 Å². The Morgan fingerprint density at radius 3 is 2.46 bits per heavy atom. The van der Waals surface area contributed by atoms with Crippen LogP contribution >= 0.6 is 0 Å². The van der Waals surface area contributed by atoms with Crippen molar-refractivity contribution in [2.24, 2.45) is 0 Å². The zero-order valence-electron chi connectivity index (χ0n) is 14.5. The van der Waals surface area contributed by atoms with Crippen LogP contribution < -0.4 is 5.32 Å². The summed E-state index contributed by atoms with van der Waals surface area (Å²) in [6.07, 6.45) is -0.0574. The average Bonchev–Trinajstić information content (AvgIpc) is 2.53. The van der Waals surface area contributed by atoms with Crippen LogP contribution in [0.3, 0.4) is 0 Å². The van der Waals surface area contributed by atoms with Gasteiger partial charge in [0, 0.05) is 25.2 Å². The zero-order chi connectivity index (χ0) is 17.8. The first-order valence-electron chi connectivity index (χ1n) is 8.15. The largest absolute Gasteiger partial charge is 0.379 e. The van der Waals surface area contributed by atoms with Gasteiger partial charge < -0.3 is 10.1 Å². The van der Waals surface area contributed by atoms with Gasteiger partial charge >= 0.3 is 0 Å². The van der Waals surface area contributed by atoms with Crippen molar-refractivity contribution in [1.82, 2.24) is 4.31 Å². The van der Waals surface area contributed by atoms with E-state index in [1.807, 2.05) is 24.3 Å². The minimum Gasteiger partial charge on any atom is -0.379 e. The van der Waals surface area contributed by atoms with Crippen molar-refractivity contribution in [1.29, 1.82) is 0 Å². The fourth-order valence-electron chi connectivity index (χ4n) is 2.63. The molecule has 6 nitrogen and oxygen atoms in total. The lowest BCUT2D eigenvalue weighted by molar-refractivity contribution is -0.115. The molecule has 0 atom stereocenters. The van der Waals surface area contributed by atoms with E-state index in [1.165, 1.54) is 4.31 Å². The number of nitrogens with one attached hydrogen (secondary N) is 1. The molecule has 1 aliphatic rings. The Balaban J connectivity index is 1.97. The Bertz CT molecular complexity index is 674. The highest BCUT2D eigenvalue weighted by atomic mass is 32.2. The standard InChI is InChI=1S/C17H26N2O4S/c1-17(2,3)14-6-4-5-7-15(14)18-16(20)8-13-24(21,22)19-9-11-23-12-10-19/h4-7H,8-13H2,1-3H3,(H,18,20). The van der Waals surface area contributed by atoms with Crippen LogP contribution in [0.1, 0.15) is 32.8 Å². The Kier molecular flexibility index (Phi) is 6.01. The lowest BCUT2D eigenvalue weighted by Gasteiger charge is -2.26. The van der Waals surface area contributed by atoms with Crippen molar-refractivity contribution < 1.29 is 17.9 Å². The molecule has 134 valence electrons. The molecule has 1 fully saturated rings. The lowest BCUT2D eigenvalue weighted by atomic mass is 9.86. The summed E-state index contributed by atoms with van der Waals surface area (Å²) < 4.78 is 31.1. The number of anilines is 1. The maximum atomic E-state index is 12.3. The van der Waals surface area contributed by atoms with Crippen molar-refractivity contribution in [3.63, 3.8) is 0 Å².